The molecule has 0 fully saturated rings. The maximum absolute atomic E-state index is 13.4. The van der Waals surface area contributed by atoms with Gasteiger partial charge in [0.05, 0.1) is 9.92 Å². The van der Waals surface area contributed by atoms with Crippen LogP contribution >= 0.6 is 11.6 Å². The molecule has 0 spiro atoms. The molecular formula is C13H13ClFN3O2S. The molecule has 2 rings (SSSR count). The number of rotatable bonds is 5. The number of hydrogen-bond acceptors (Lipinski definition) is 4. The number of aromatic nitrogens is 1. The molecule has 21 heavy (non-hydrogen) atoms. The maximum Gasteiger partial charge on any atom is 0.263 e. The lowest BCUT2D eigenvalue weighted by Gasteiger charge is -2.12. The van der Waals surface area contributed by atoms with Gasteiger partial charge in [-0.25, -0.2) is 17.8 Å². The second-order valence-corrected chi connectivity index (χ2v) is 6.28. The Bertz CT molecular complexity index is 753. The molecule has 1 aromatic carbocycles. The molecule has 0 radical (unpaired) electrons. The summed E-state index contributed by atoms with van der Waals surface area (Å²) in [6, 6.07) is 6.67. The second kappa shape index (κ2) is 6.38. The summed E-state index contributed by atoms with van der Waals surface area (Å²) in [4.78, 5) is 3.70. The van der Waals surface area contributed by atoms with Crippen molar-refractivity contribution in [3.63, 3.8) is 0 Å². The van der Waals surface area contributed by atoms with E-state index >= 15 is 0 Å². The molecule has 0 saturated carbocycles. The van der Waals surface area contributed by atoms with Crippen LogP contribution in [0, 0.1) is 5.82 Å². The third kappa shape index (κ3) is 3.69. The van der Waals surface area contributed by atoms with E-state index in [9.17, 15) is 12.8 Å². The Kier molecular flexibility index (Phi) is 4.76. The van der Waals surface area contributed by atoms with Crippen LogP contribution < -0.4 is 10.0 Å². The van der Waals surface area contributed by atoms with Gasteiger partial charge in [-0.2, -0.15) is 0 Å². The van der Waals surface area contributed by atoms with Crippen molar-refractivity contribution in [1.82, 2.24) is 10.3 Å². The smallest absolute Gasteiger partial charge is 0.263 e. The van der Waals surface area contributed by atoms with Crippen LogP contribution in [0.3, 0.4) is 0 Å². The molecule has 0 unspecified atom stereocenters. The number of pyridine rings is 1. The van der Waals surface area contributed by atoms with Crippen molar-refractivity contribution in [2.75, 3.05) is 11.8 Å². The van der Waals surface area contributed by atoms with Gasteiger partial charge in [-0.3, -0.25) is 4.72 Å². The van der Waals surface area contributed by atoms with Crippen LogP contribution in [0.15, 0.2) is 41.4 Å². The Morgan fingerprint density at radius 3 is 2.76 bits per heavy atom. The van der Waals surface area contributed by atoms with Gasteiger partial charge < -0.3 is 5.32 Å². The number of nitrogens with one attached hydrogen (secondary N) is 2. The Morgan fingerprint density at radius 2 is 2.10 bits per heavy atom. The van der Waals surface area contributed by atoms with Crippen molar-refractivity contribution >= 4 is 27.4 Å². The van der Waals surface area contributed by atoms with Crippen molar-refractivity contribution in [3.05, 3.63) is 52.9 Å². The first-order valence-corrected chi connectivity index (χ1v) is 7.86. The third-order valence-electron chi connectivity index (χ3n) is 2.68. The van der Waals surface area contributed by atoms with Gasteiger partial charge >= 0.3 is 0 Å². The molecular weight excluding hydrogens is 317 g/mol. The molecule has 5 nitrogen and oxygen atoms in total. The fraction of sp³-hybridized carbons (Fsp3) is 0.154. The maximum atomic E-state index is 13.4. The zero-order valence-electron chi connectivity index (χ0n) is 11.1. The van der Waals surface area contributed by atoms with Crippen molar-refractivity contribution < 1.29 is 12.8 Å². The molecule has 1 aromatic heterocycles. The van der Waals surface area contributed by atoms with E-state index in [2.05, 4.69) is 15.0 Å². The molecule has 0 amide bonds. The zero-order valence-corrected chi connectivity index (χ0v) is 12.7. The lowest BCUT2D eigenvalue weighted by molar-refractivity contribution is 0.592. The highest BCUT2D eigenvalue weighted by Gasteiger charge is 2.20. The van der Waals surface area contributed by atoms with Crippen LogP contribution in [0.2, 0.25) is 5.02 Å². The quantitative estimate of drug-likeness (QED) is 0.883. The van der Waals surface area contributed by atoms with Crippen LogP contribution in [-0.4, -0.2) is 20.4 Å². The first-order valence-electron chi connectivity index (χ1n) is 6.00. The number of sulfonamides is 1. The van der Waals surface area contributed by atoms with Crippen molar-refractivity contribution in [3.8, 4) is 0 Å². The van der Waals surface area contributed by atoms with E-state index in [4.69, 9.17) is 11.6 Å². The van der Waals surface area contributed by atoms with Crippen LogP contribution in [-0.2, 0) is 16.6 Å². The second-order valence-electron chi connectivity index (χ2n) is 4.22. The average Bonchev–Trinajstić information content (AvgIpc) is 2.43. The topological polar surface area (TPSA) is 71.1 Å². The molecule has 1 heterocycles. The molecule has 0 bridgehead atoms. The summed E-state index contributed by atoms with van der Waals surface area (Å²) < 4.78 is 40.4. The predicted molar refractivity (Wildman–Crippen MR) is 79.2 cm³/mol. The van der Waals surface area contributed by atoms with Crippen LogP contribution in [0.5, 0.6) is 0 Å². The highest BCUT2D eigenvalue weighted by molar-refractivity contribution is 7.92. The lowest BCUT2D eigenvalue weighted by atomic mass is 10.2. The number of nitrogens with zero attached hydrogens (tertiary/aromatic N) is 1. The van der Waals surface area contributed by atoms with E-state index in [-0.39, 0.29) is 22.3 Å². The SMILES string of the molecule is CNCc1ccc(F)cc1S(=O)(=O)Nc1ncccc1Cl. The minimum Gasteiger partial charge on any atom is -0.316 e. The lowest BCUT2D eigenvalue weighted by Crippen LogP contribution is -2.18. The number of anilines is 1. The third-order valence-corrected chi connectivity index (χ3v) is 4.40. The monoisotopic (exact) mass is 329 g/mol. The Balaban J connectivity index is 2.44. The summed E-state index contributed by atoms with van der Waals surface area (Å²) in [7, 11) is -2.32. The minimum atomic E-state index is -3.99. The predicted octanol–water partition coefficient (Wildman–Crippen LogP) is 2.39. The number of halogens is 2. The Morgan fingerprint density at radius 1 is 1.33 bits per heavy atom. The first-order chi connectivity index (χ1) is 9.94. The van der Waals surface area contributed by atoms with Crippen LogP contribution in [0.4, 0.5) is 10.2 Å². The molecule has 112 valence electrons. The van der Waals surface area contributed by atoms with E-state index in [0.29, 0.717) is 5.56 Å². The molecule has 0 aliphatic heterocycles. The highest BCUT2D eigenvalue weighted by Crippen LogP contribution is 2.24. The van der Waals surface area contributed by atoms with Gasteiger partial charge in [0, 0.05) is 12.7 Å². The summed E-state index contributed by atoms with van der Waals surface area (Å²) >= 11 is 5.87. The van der Waals surface area contributed by atoms with Gasteiger partial charge in [-0.1, -0.05) is 17.7 Å². The van der Waals surface area contributed by atoms with Gasteiger partial charge in [0.2, 0.25) is 0 Å². The van der Waals surface area contributed by atoms with Crippen molar-refractivity contribution in [2.45, 2.75) is 11.4 Å². The molecule has 2 N–H and O–H groups in total. The van der Waals surface area contributed by atoms with Gasteiger partial charge in [0.1, 0.15) is 5.82 Å². The number of benzene rings is 1. The summed E-state index contributed by atoms with van der Waals surface area (Å²) in [5.74, 6) is -0.638. The largest absolute Gasteiger partial charge is 0.316 e. The van der Waals surface area contributed by atoms with E-state index in [0.717, 1.165) is 6.07 Å². The average molecular weight is 330 g/mol. The highest BCUT2D eigenvalue weighted by atomic mass is 35.5. The van der Waals surface area contributed by atoms with E-state index in [1.165, 1.54) is 24.4 Å². The molecule has 0 saturated heterocycles. The standard InChI is InChI=1S/C13H13ClFN3O2S/c1-16-8-9-4-5-10(15)7-12(9)21(19,20)18-13-11(14)3-2-6-17-13/h2-7,16H,8H2,1H3,(H,17,18). The first kappa shape index (κ1) is 15.7. The summed E-state index contributed by atoms with van der Waals surface area (Å²) in [6.45, 7) is 0.284. The molecule has 8 heteroatoms. The van der Waals surface area contributed by atoms with E-state index in [1.54, 1.807) is 13.1 Å². The van der Waals surface area contributed by atoms with Gasteiger partial charge in [-0.15, -0.1) is 0 Å². The zero-order chi connectivity index (χ0) is 15.5. The fourth-order valence-electron chi connectivity index (χ4n) is 1.76. The van der Waals surface area contributed by atoms with Gasteiger partial charge in [-0.05, 0) is 36.9 Å². The summed E-state index contributed by atoms with van der Waals surface area (Å²) in [5.41, 5.74) is 0.443. The van der Waals surface area contributed by atoms with Crippen molar-refractivity contribution in [2.24, 2.45) is 0 Å². The van der Waals surface area contributed by atoms with Gasteiger partial charge in [0.15, 0.2) is 5.82 Å². The summed E-state index contributed by atoms with van der Waals surface area (Å²) in [6.07, 6.45) is 1.41. The van der Waals surface area contributed by atoms with Crippen molar-refractivity contribution in [1.29, 1.82) is 0 Å². The van der Waals surface area contributed by atoms with Crippen LogP contribution in [0.1, 0.15) is 5.56 Å². The Labute approximate surface area is 127 Å². The Hall–Kier alpha value is -1.70. The number of hydrogen-bond donors (Lipinski definition) is 2. The molecule has 2 aromatic rings. The van der Waals surface area contributed by atoms with E-state index in [1.807, 2.05) is 0 Å². The molecule has 0 atom stereocenters. The van der Waals surface area contributed by atoms with Crippen LogP contribution in [0.25, 0.3) is 0 Å². The summed E-state index contributed by atoms with van der Waals surface area (Å²) in [5, 5.41) is 2.99. The fourth-order valence-corrected chi connectivity index (χ4v) is 3.26. The minimum absolute atomic E-state index is 0.00108. The van der Waals surface area contributed by atoms with E-state index < -0.39 is 15.8 Å². The molecule has 0 aliphatic rings. The normalized spacial score (nSPS) is 11.4. The molecule has 0 aliphatic carbocycles. The van der Waals surface area contributed by atoms with Gasteiger partial charge in [0.25, 0.3) is 10.0 Å².